The van der Waals surface area contributed by atoms with E-state index in [0.717, 1.165) is 42.3 Å². The Kier molecular flexibility index (Phi) is 3.46. The molecule has 0 unspecified atom stereocenters. The van der Waals surface area contributed by atoms with Crippen molar-refractivity contribution in [1.82, 2.24) is 9.78 Å². The number of hydrogen-bond donors (Lipinski definition) is 1. The zero-order valence-electron chi connectivity index (χ0n) is 11.6. The van der Waals surface area contributed by atoms with Gasteiger partial charge in [0.25, 0.3) is 5.69 Å². The molecule has 7 heteroatoms. The molecule has 3 rings (SSSR count). The van der Waals surface area contributed by atoms with Gasteiger partial charge in [-0.15, -0.1) is 0 Å². The smallest absolute Gasteiger partial charge is 0.328 e. The normalized spacial score (nSPS) is 13.5. The number of carboxylic acid groups (broad SMARTS) is 1. The number of aliphatic carboxylic acids is 1. The average Bonchev–Trinajstić information content (AvgIpc) is 3.07. The number of nitro benzene ring substituents is 1. The van der Waals surface area contributed by atoms with Crippen LogP contribution in [-0.2, 0) is 17.6 Å². The maximum atomic E-state index is 10.7. The Bertz CT molecular complexity index is 775. The van der Waals surface area contributed by atoms with Gasteiger partial charge in [-0.05, 0) is 37.5 Å². The molecule has 1 N–H and O–H groups in total. The van der Waals surface area contributed by atoms with Crippen molar-refractivity contribution >= 4 is 17.7 Å². The number of benzene rings is 1. The number of hydrogen-bond acceptors (Lipinski definition) is 4. The van der Waals surface area contributed by atoms with Crippen LogP contribution in [0.4, 0.5) is 5.69 Å². The zero-order valence-corrected chi connectivity index (χ0v) is 11.6. The predicted octanol–water partition coefficient (Wildman–Crippen LogP) is 2.37. The predicted molar refractivity (Wildman–Crippen MR) is 78.9 cm³/mol. The number of nitro groups is 1. The van der Waals surface area contributed by atoms with Crippen molar-refractivity contribution in [2.75, 3.05) is 0 Å². The summed E-state index contributed by atoms with van der Waals surface area (Å²) < 4.78 is 1.74. The first-order chi connectivity index (χ1) is 10.6. The third kappa shape index (κ3) is 2.48. The van der Waals surface area contributed by atoms with Crippen LogP contribution in [0.2, 0.25) is 0 Å². The number of aromatic nitrogens is 2. The number of carboxylic acids is 1. The third-order valence-electron chi connectivity index (χ3n) is 3.65. The summed E-state index contributed by atoms with van der Waals surface area (Å²) in [6, 6.07) is 6.17. The van der Waals surface area contributed by atoms with Gasteiger partial charge in [-0.3, -0.25) is 10.1 Å². The van der Waals surface area contributed by atoms with Gasteiger partial charge in [-0.2, -0.15) is 5.10 Å². The van der Waals surface area contributed by atoms with Crippen molar-refractivity contribution in [2.45, 2.75) is 19.3 Å². The molecule has 0 bridgehead atoms. The first kappa shape index (κ1) is 14.0. The maximum absolute atomic E-state index is 10.7. The molecule has 0 fully saturated rings. The molecule has 0 spiro atoms. The Morgan fingerprint density at radius 1 is 1.32 bits per heavy atom. The van der Waals surface area contributed by atoms with Gasteiger partial charge < -0.3 is 5.11 Å². The van der Waals surface area contributed by atoms with Gasteiger partial charge in [-0.25, -0.2) is 9.48 Å². The summed E-state index contributed by atoms with van der Waals surface area (Å²) in [6.45, 7) is 0. The van der Waals surface area contributed by atoms with Gasteiger partial charge in [-0.1, -0.05) is 0 Å². The van der Waals surface area contributed by atoms with Crippen molar-refractivity contribution in [2.24, 2.45) is 0 Å². The Hall–Kier alpha value is -2.96. The minimum atomic E-state index is -1.02. The lowest BCUT2D eigenvalue weighted by atomic mass is 10.2. The van der Waals surface area contributed by atoms with E-state index in [4.69, 9.17) is 5.11 Å². The molecular formula is C15H13N3O4. The summed E-state index contributed by atoms with van der Waals surface area (Å²) in [5, 5.41) is 23.9. The highest BCUT2D eigenvalue weighted by Gasteiger charge is 2.22. The summed E-state index contributed by atoms with van der Waals surface area (Å²) in [5.74, 6) is -1.02. The number of carbonyl (C=O) groups is 1. The van der Waals surface area contributed by atoms with Crippen molar-refractivity contribution in [3.63, 3.8) is 0 Å². The molecule has 1 aromatic heterocycles. The van der Waals surface area contributed by atoms with Crippen LogP contribution in [0.3, 0.4) is 0 Å². The van der Waals surface area contributed by atoms with Crippen LogP contribution in [0.1, 0.15) is 23.4 Å². The molecule has 0 aliphatic heterocycles. The summed E-state index contributed by atoms with van der Waals surface area (Å²) in [5.41, 5.74) is 3.50. The molecule has 1 heterocycles. The summed E-state index contributed by atoms with van der Waals surface area (Å²) >= 11 is 0. The van der Waals surface area contributed by atoms with Gasteiger partial charge in [0.2, 0.25) is 0 Å². The van der Waals surface area contributed by atoms with E-state index in [1.54, 1.807) is 16.8 Å². The first-order valence-electron chi connectivity index (χ1n) is 6.83. The quantitative estimate of drug-likeness (QED) is 0.531. The molecule has 0 amide bonds. The van der Waals surface area contributed by atoms with Crippen LogP contribution >= 0.6 is 0 Å². The molecule has 1 aromatic carbocycles. The fraction of sp³-hybridized carbons (Fsp3) is 0.200. The molecule has 1 aliphatic rings. The number of fused-ring (bicyclic) bond motifs is 1. The molecular weight excluding hydrogens is 286 g/mol. The van der Waals surface area contributed by atoms with Crippen molar-refractivity contribution < 1.29 is 14.8 Å². The van der Waals surface area contributed by atoms with Gasteiger partial charge in [0.1, 0.15) is 0 Å². The highest BCUT2D eigenvalue weighted by atomic mass is 16.6. The number of nitrogens with zero attached hydrogens (tertiary/aromatic N) is 3. The van der Waals surface area contributed by atoms with E-state index in [1.165, 1.54) is 18.2 Å². The second-order valence-electron chi connectivity index (χ2n) is 5.02. The van der Waals surface area contributed by atoms with Crippen molar-refractivity contribution in [3.05, 3.63) is 57.4 Å². The lowest BCUT2D eigenvalue weighted by Gasteiger charge is -2.04. The lowest BCUT2D eigenvalue weighted by molar-refractivity contribution is -0.384. The molecule has 0 saturated carbocycles. The molecule has 112 valence electrons. The van der Waals surface area contributed by atoms with Gasteiger partial charge in [0.15, 0.2) is 0 Å². The Balaban J connectivity index is 2.02. The van der Waals surface area contributed by atoms with E-state index < -0.39 is 10.9 Å². The van der Waals surface area contributed by atoms with E-state index in [9.17, 15) is 14.9 Å². The minimum absolute atomic E-state index is 0.0264. The summed E-state index contributed by atoms with van der Waals surface area (Å²) in [4.78, 5) is 20.9. The van der Waals surface area contributed by atoms with Crippen molar-refractivity contribution in [1.29, 1.82) is 0 Å². The van der Waals surface area contributed by atoms with Crippen LogP contribution < -0.4 is 0 Å². The van der Waals surface area contributed by atoms with E-state index in [-0.39, 0.29) is 5.69 Å². The molecule has 7 nitrogen and oxygen atoms in total. The van der Waals surface area contributed by atoms with Crippen LogP contribution in [0, 0.1) is 10.1 Å². The summed E-state index contributed by atoms with van der Waals surface area (Å²) in [7, 11) is 0. The fourth-order valence-electron chi connectivity index (χ4n) is 2.68. The van der Waals surface area contributed by atoms with Crippen LogP contribution in [0.15, 0.2) is 30.3 Å². The molecule has 0 atom stereocenters. The van der Waals surface area contributed by atoms with E-state index in [1.807, 2.05) is 0 Å². The van der Waals surface area contributed by atoms with E-state index in [0.29, 0.717) is 5.69 Å². The van der Waals surface area contributed by atoms with E-state index in [2.05, 4.69) is 5.10 Å². The highest BCUT2D eigenvalue weighted by Crippen LogP contribution is 2.29. The second kappa shape index (κ2) is 5.44. The molecule has 0 radical (unpaired) electrons. The van der Waals surface area contributed by atoms with Crippen molar-refractivity contribution in [3.8, 4) is 5.69 Å². The fourth-order valence-corrected chi connectivity index (χ4v) is 2.68. The second-order valence-corrected chi connectivity index (χ2v) is 5.02. The number of non-ortho nitro benzene ring substituents is 1. The number of rotatable bonds is 4. The van der Waals surface area contributed by atoms with Gasteiger partial charge in [0.05, 0.1) is 16.3 Å². The van der Waals surface area contributed by atoms with Gasteiger partial charge in [0, 0.05) is 29.5 Å². The van der Waals surface area contributed by atoms with Crippen LogP contribution in [0.5, 0.6) is 0 Å². The molecule has 2 aromatic rings. The Morgan fingerprint density at radius 3 is 2.68 bits per heavy atom. The average molecular weight is 299 g/mol. The molecule has 22 heavy (non-hydrogen) atoms. The zero-order chi connectivity index (χ0) is 15.7. The van der Waals surface area contributed by atoms with Gasteiger partial charge >= 0.3 is 5.97 Å². The highest BCUT2D eigenvalue weighted by molar-refractivity contribution is 5.85. The van der Waals surface area contributed by atoms with Crippen LogP contribution in [0.25, 0.3) is 11.8 Å². The third-order valence-corrected chi connectivity index (χ3v) is 3.65. The molecule has 1 aliphatic carbocycles. The Morgan fingerprint density at radius 2 is 2.05 bits per heavy atom. The van der Waals surface area contributed by atoms with E-state index >= 15 is 0 Å². The monoisotopic (exact) mass is 299 g/mol. The largest absolute Gasteiger partial charge is 0.478 e. The topological polar surface area (TPSA) is 98.3 Å². The Labute approximate surface area is 125 Å². The molecule has 0 saturated heterocycles. The first-order valence-corrected chi connectivity index (χ1v) is 6.83. The summed E-state index contributed by atoms with van der Waals surface area (Å²) in [6.07, 6.45) is 5.28. The lowest BCUT2D eigenvalue weighted by Crippen LogP contribution is -2.01. The SMILES string of the molecule is O=C(O)C=Cc1nn(-c2ccc([N+](=O)[O-])cc2)c2c1CCC2. The maximum Gasteiger partial charge on any atom is 0.328 e. The minimum Gasteiger partial charge on any atom is -0.478 e. The van der Waals surface area contributed by atoms with Crippen LogP contribution in [-0.4, -0.2) is 25.8 Å². The standard InChI is InChI=1S/C15H13N3O4/c19-15(20)9-8-13-12-2-1-3-14(12)17(16-13)10-4-6-11(7-5-10)18(21)22/h4-9H,1-3H2,(H,19,20).